The van der Waals surface area contributed by atoms with Crippen molar-refractivity contribution in [2.45, 2.75) is 56.9 Å². The summed E-state index contributed by atoms with van der Waals surface area (Å²) in [6.45, 7) is 6.82. The summed E-state index contributed by atoms with van der Waals surface area (Å²) in [7, 11) is -2.01. The Morgan fingerprint density at radius 1 is 1.03 bits per heavy atom. The number of carbonyl (C=O) groups excluding carboxylic acids is 1. The molecule has 0 aliphatic heterocycles. The molecule has 1 aliphatic rings. The van der Waals surface area contributed by atoms with Crippen LogP contribution in [-0.4, -0.2) is 67.8 Å². The van der Waals surface area contributed by atoms with Gasteiger partial charge in [-0.15, -0.1) is 12.4 Å². The van der Waals surface area contributed by atoms with Gasteiger partial charge in [0.2, 0.25) is 10.0 Å². The van der Waals surface area contributed by atoms with Gasteiger partial charge in [0.15, 0.2) is 5.13 Å². The predicted molar refractivity (Wildman–Crippen MR) is 155 cm³/mol. The molecule has 2 aromatic carbocycles. The molecule has 0 bridgehead atoms. The summed E-state index contributed by atoms with van der Waals surface area (Å²) in [6, 6.07) is 10.9. The number of para-hydroxylation sites is 1. The van der Waals surface area contributed by atoms with E-state index in [-0.39, 0.29) is 34.8 Å². The molecule has 1 aliphatic carbocycles. The highest BCUT2D eigenvalue weighted by Gasteiger charge is 2.29. The Morgan fingerprint density at radius 3 is 2.29 bits per heavy atom. The number of aromatic nitrogens is 1. The van der Waals surface area contributed by atoms with E-state index < -0.39 is 15.8 Å². The van der Waals surface area contributed by atoms with Crippen molar-refractivity contribution in [3.05, 3.63) is 53.8 Å². The van der Waals surface area contributed by atoms with E-state index in [9.17, 15) is 17.6 Å². The molecule has 208 valence electrons. The Bertz CT molecular complexity index is 1320. The van der Waals surface area contributed by atoms with Crippen molar-refractivity contribution in [1.82, 2.24) is 14.2 Å². The van der Waals surface area contributed by atoms with Crippen LogP contribution in [0.2, 0.25) is 0 Å². The summed E-state index contributed by atoms with van der Waals surface area (Å²) in [6.07, 6.45) is 4.97. The first kappa shape index (κ1) is 30.4. The monoisotopic (exact) mass is 582 g/mol. The molecule has 0 spiro atoms. The van der Waals surface area contributed by atoms with E-state index in [0.717, 1.165) is 45.2 Å². The molecule has 1 fully saturated rings. The molecule has 0 unspecified atom stereocenters. The van der Waals surface area contributed by atoms with Crippen molar-refractivity contribution < 1.29 is 17.6 Å². The van der Waals surface area contributed by atoms with Crippen molar-refractivity contribution in [2.24, 2.45) is 0 Å². The molecular weight excluding hydrogens is 547 g/mol. The van der Waals surface area contributed by atoms with Crippen LogP contribution < -0.4 is 4.90 Å². The van der Waals surface area contributed by atoms with Gasteiger partial charge in [-0.25, -0.2) is 17.8 Å². The van der Waals surface area contributed by atoms with E-state index in [1.165, 1.54) is 33.8 Å². The summed E-state index contributed by atoms with van der Waals surface area (Å²) in [5.41, 5.74) is 0.605. The predicted octanol–water partition coefficient (Wildman–Crippen LogP) is 5.80. The standard InChI is InChI=1S/C27H35FN4O3S2.ClH/c1-4-31(5-2)18-19-32(27-29-25-23(28)12-9-13-24(25)36-27)26(33)20-14-16-22(17-15-20)37(34,35)30(3)21-10-7-6-8-11-21;/h9,12-17,21H,4-8,10-11,18-19H2,1-3H3;1H. The summed E-state index contributed by atoms with van der Waals surface area (Å²) >= 11 is 1.27. The number of likely N-dealkylation sites (N-methyl/N-ethyl adjacent to an activating group) is 1. The number of anilines is 1. The average Bonchev–Trinajstić information content (AvgIpc) is 3.36. The van der Waals surface area contributed by atoms with E-state index in [1.807, 2.05) is 0 Å². The molecule has 11 heteroatoms. The highest BCUT2D eigenvalue weighted by molar-refractivity contribution is 7.89. The van der Waals surface area contributed by atoms with Crippen LogP contribution in [0.3, 0.4) is 0 Å². The fourth-order valence-corrected chi connectivity index (χ4v) is 7.24. The third kappa shape index (κ3) is 6.54. The minimum Gasteiger partial charge on any atom is -0.302 e. The second-order valence-corrected chi connectivity index (χ2v) is 12.4. The zero-order valence-corrected chi connectivity index (χ0v) is 24.5. The van der Waals surface area contributed by atoms with Crippen LogP contribution in [0.25, 0.3) is 10.2 Å². The van der Waals surface area contributed by atoms with Crippen molar-refractivity contribution in [1.29, 1.82) is 0 Å². The van der Waals surface area contributed by atoms with Crippen LogP contribution in [-0.2, 0) is 10.0 Å². The molecule has 3 aromatic rings. The van der Waals surface area contributed by atoms with Gasteiger partial charge in [0, 0.05) is 31.7 Å². The smallest absolute Gasteiger partial charge is 0.260 e. The average molecular weight is 583 g/mol. The first-order valence-electron chi connectivity index (χ1n) is 12.9. The van der Waals surface area contributed by atoms with Gasteiger partial charge in [0.25, 0.3) is 5.91 Å². The maximum absolute atomic E-state index is 14.3. The Labute approximate surface area is 235 Å². The number of thiazole rings is 1. The van der Waals surface area contributed by atoms with Crippen molar-refractivity contribution in [3.8, 4) is 0 Å². The number of fused-ring (bicyclic) bond motifs is 1. The van der Waals surface area contributed by atoms with Gasteiger partial charge in [-0.1, -0.05) is 50.5 Å². The topological polar surface area (TPSA) is 73.8 Å². The minimum atomic E-state index is -3.65. The number of sulfonamides is 1. The normalized spacial score (nSPS) is 14.7. The Kier molecular flexibility index (Phi) is 10.7. The highest BCUT2D eigenvalue weighted by Crippen LogP contribution is 2.32. The van der Waals surface area contributed by atoms with Gasteiger partial charge in [0.05, 0.1) is 9.60 Å². The zero-order chi connectivity index (χ0) is 26.6. The molecule has 7 nitrogen and oxygen atoms in total. The number of benzene rings is 2. The zero-order valence-electron chi connectivity index (χ0n) is 22.1. The largest absolute Gasteiger partial charge is 0.302 e. The number of rotatable bonds is 10. The van der Waals surface area contributed by atoms with Crippen molar-refractivity contribution in [3.63, 3.8) is 0 Å². The van der Waals surface area contributed by atoms with Gasteiger partial charge in [-0.3, -0.25) is 9.69 Å². The van der Waals surface area contributed by atoms with Crippen LogP contribution in [0, 0.1) is 5.82 Å². The first-order chi connectivity index (χ1) is 17.8. The fourth-order valence-electron chi connectivity index (χ4n) is 4.82. The van der Waals surface area contributed by atoms with Crippen LogP contribution in [0.4, 0.5) is 9.52 Å². The maximum Gasteiger partial charge on any atom is 0.260 e. The van der Waals surface area contributed by atoms with Crippen LogP contribution in [0.15, 0.2) is 47.4 Å². The van der Waals surface area contributed by atoms with Crippen LogP contribution in [0.5, 0.6) is 0 Å². The third-order valence-electron chi connectivity index (χ3n) is 7.24. The summed E-state index contributed by atoms with van der Waals surface area (Å²) in [5.74, 6) is -0.719. The van der Waals surface area contributed by atoms with Gasteiger partial charge < -0.3 is 4.90 Å². The minimum absolute atomic E-state index is 0. The molecule has 0 N–H and O–H groups in total. The molecule has 1 amide bonds. The van der Waals surface area contributed by atoms with Crippen LogP contribution >= 0.6 is 23.7 Å². The van der Waals surface area contributed by atoms with E-state index in [1.54, 1.807) is 36.2 Å². The molecule has 1 saturated carbocycles. The molecule has 0 atom stereocenters. The molecule has 0 saturated heterocycles. The number of amides is 1. The molecule has 1 heterocycles. The second-order valence-electron chi connectivity index (χ2n) is 9.40. The molecule has 0 radical (unpaired) electrons. The number of hydrogen-bond donors (Lipinski definition) is 0. The molecule has 1 aromatic heterocycles. The van der Waals surface area contributed by atoms with E-state index in [0.29, 0.717) is 28.5 Å². The Hall–Kier alpha value is -2.11. The number of halogens is 2. The molecule has 4 rings (SSSR count). The number of nitrogens with zero attached hydrogens (tertiary/aromatic N) is 4. The van der Waals surface area contributed by atoms with Crippen molar-refractivity contribution in [2.75, 3.05) is 38.1 Å². The quantitative estimate of drug-likeness (QED) is 0.302. The first-order valence-corrected chi connectivity index (χ1v) is 15.2. The van der Waals surface area contributed by atoms with E-state index >= 15 is 0 Å². The van der Waals surface area contributed by atoms with Crippen molar-refractivity contribution >= 4 is 55.0 Å². The molecule has 38 heavy (non-hydrogen) atoms. The lowest BCUT2D eigenvalue weighted by Gasteiger charge is -2.30. The summed E-state index contributed by atoms with van der Waals surface area (Å²) in [5, 5.41) is 0.422. The van der Waals surface area contributed by atoms with E-state index in [2.05, 4.69) is 23.7 Å². The summed E-state index contributed by atoms with van der Waals surface area (Å²) < 4.78 is 42.9. The number of carbonyl (C=O) groups is 1. The lowest BCUT2D eigenvalue weighted by molar-refractivity contribution is 0.0983. The summed E-state index contributed by atoms with van der Waals surface area (Å²) in [4.78, 5) is 22.1. The fraction of sp³-hybridized carbons (Fsp3) is 0.481. The third-order valence-corrected chi connectivity index (χ3v) is 10.2. The van der Waals surface area contributed by atoms with Crippen LogP contribution in [0.1, 0.15) is 56.3 Å². The Balaban J connectivity index is 0.00000400. The SMILES string of the molecule is CCN(CC)CCN(C(=O)c1ccc(S(=O)(=O)N(C)C2CCCCC2)cc1)c1nc2c(F)cccc2s1.Cl. The van der Waals surface area contributed by atoms with Gasteiger partial charge >= 0.3 is 0 Å². The lowest BCUT2D eigenvalue weighted by atomic mass is 9.96. The Morgan fingerprint density at radius 2 is 1.68 bits per heavy atom. The highest BCUT2D eigenvalue weighted by atomic mass is 35.5. The van der Waals surface area contributed by atoms with E-state index in [4.69, 9.17) is 0 Å². The number of hydrogen-bond acceptors (Lipinski definition) is 6. The van der Waals surface area contributed by atoms with Gasteiger partial charge in [-0.2, -0.15) is 4.31 Å². The maximum atomic E-state index is 14.3. The van der Waals surface area contributed by atoms with Gasteiger partial charge in [-0.05, 0) is 62.3 Å². The molecular formula is C27H36ClFN4O3S2. The van der Waals surface area contributed by atoms with Gasteiger partial charge in [0.1, 0.15) is 11.3 Å². The lowest BCUT2D eigenvalue weighted by Crippen LogP contribution is -2.39. The second kappa shape index (κ2) is 13.3.